The third-order valence-corrected chi connectivity index (χ3v) is 2.54. The smallest absolute Gasteiger partial charge is 0.133 e. The molecule has 0 spiro atoms. The van der Waals surface area contributed by atoms with Crippen molar-refractivity contribution >= 4 is 5.82 Å². The summed E-state index contributed by atoms with van der Waals surface area (Å²) in [5, 5.41) is 8.90. The zero-order valence-electron chi connectivity index (χ0n) is 10.1. The number of hydrogen-bond acceptors (Lipinski definition) is 4. The van der Waals surface area contributed by atoms with Crippen LogP contribution in [0.25, 0.3) is 0 Å². The molecule has 0 saturated carbocycles. The van der Waals surface area contributed by atoms with E-state index in [1.165, 1.54) is 0 Å². The number of anilines is 1. The predicted octanol–water partition coefficient (Wildman–Crippen LogP) is 1.14. The van der Waals surface area contributed by atoms with E-state index in [4.69, 9.17) is 10.8 Å². The van der Waals surface area contributed by atoms with Crippen molar-refractivity contribution in [1.82, 2.24) is 4.98 Å². The van der Waals surface area contributed by atoms with Crippen LogP contribution >= 0.6 is 0 Å². The quantitative estimate of drug-likeness (QED) is 0.759. The predicted molar refractivity (Wildman–Crippen MR) is 66.3 cm³/mol. The molecule has 0 bridgehead atoms. The Morgan fingerprint density at radius 3 is 2.81 bits per heavy atom. The molecule has 0 radical (unpaired) electrons. The number of pyridine rings is 1. The first-order chi connectivity index (χ1) is 7.70. The molecule has 0 aliphatic rings. The Labute approximate surface area is 97.1 Å². The van der Waals surface area contributed by atoms with Crippen LogP contribution in [-0.2, 0) is 6.54 Å². The normalized spacial score (nSPS) is 10.8. The van der Waals surface area contributed by atoms with Gasteiger partial charge in [0.25, 0.3) is 0 Å². The summed E-state index contributed by atoms with van der Waals surface area (Å²) in [6.07, 6.45) is 2.53. The van der Waals surface area contributed by atoms with Gasteiger partial charge in [0, 0.05) is 37.5 Å². The van der Waals surface area contributed by atoms with Gasteiger partial charge < -0.3 is 15.7 Å². The van der Waals surface area contributed by atoms with E-state index in [1.54, 1.807) is 6.20 Å². The largest absolute Gasteiger partial charge is 0.396 e. The van der Waals surface area contributed by atoms with Crippen molar-refractivity contribution in [2.24, 2.45) is 5.73 Å². The summed E-state index contributed by atoms with van der Waals surface area (Å²) in [7, 11) is 0. The summed E-state index contributed by atoms with van der Waals surface area (Å²) >= 11 is 0. The molecule has 0 fully saturated rings. The number of hydrogen-bond donors (Lipinski definition) is 2. The maximum atomic E-state index is 8.90. The zero-order valence-corrected chi connectivity index (χ0v) is 10.1. The van der Waals surface area contributed by atoms with Crippen LogP contribution in [0.5, 0.6) is 0 Å². The van der Waals surface area contributed by atoms with Crippen LogP contribution in [0.15, 0.2) is 18.3 Å². The van der Waals surface area contributed by atoms with Crippen molar-refractivity contribution in [3.8, 4) is 0 Å². The van der Waals surface area contributed by atoms with Gasteiger partial charge in [0.05, 0.1) is 0 Å². The minimum absolute atomic E-state index is 0.202. The van der Waals surface area contributed by atoms with Gasteiger partial charge in [0.15, 0.2) is 0 Å². The highest BCUT2D eigenvalue weighted by Crippen LogP contribution is 2.19. The number of nitrogens with zero attached hydrogens (tertiary/aromatic N) is 2. The van der Waals surface area contributed by atoms with Crippen LogP contribution in [0, 0.1) is 0 Å². The minimum Gasteiger partial charge on any atom is -0.396 e. The third kappa shape index (κ3) is 3.18. The van der Waals surface area contributed by atoms with E-state index in [-0.39, 0.29) is 6.61 Å². The molecule has 1 heterocycles. The van der Waals surface area contributed by atoms with Gasteiger partial charge in [0.1, 0.15) is 5.82 Å². The Morgan fingerprint density at radius 1 is 1.50 bits per heavy atom. The van der Waals surface area contributed by atoms with Gasteiger partial charge in [0.2, 0.25) is 0 Å². The topological polar surface area (TPSA) is 62.4 Å². The van der Waals surface area contributed by atoms with E-state index >= 15 is 0 Å². The minimum atomic E-state index is 0.202. The molecule has 1 aromatic heterocycles. The second-order valence-corrected chi connectivity index (χ2v) is 4.05. The summed E-state index contributed by atoms with van der Waals surface area (Å²) in [5.41, 5.74) is 6.75. The Balaban J connectivity index is 2.91. The second-order valence-electron chi connectivity index (χ2n) is 4.05. The molecular formula is C12H21N3O. The average molecular weight is 223 g/mol. The summed E-state index contributed by atoms with van der Waals surface area (Å²) in [4.78, 5) is 6.57. The highest BCUT2D eigenvalue weighted by molar-refractivity contribution is 5.47. The van der Waals surface area contributed by atoms with Crippen LogP contribution in [0.4, 0.5) is 5.82 Å². The summed E-state index contributed by atoms with van der Waals surface area (Å²) in [6, 6.07) is 4.25. The standard InChI is InChI=1S/C12H21N3O/c1-10(2)15(7-4-8-16)12-11(9-13)5-3-6-14-12/h3,5-6,10,16H,4,7-9,13H2,1-2H3. The number of rotatable bonds is 6. The zero-order chi connectivity index (χ0) is 12.0. The lowest BCUT2D eigenvalue weighted by atomic mass is 10.2. The van der Waals surface area contributed by atoms with Crippen molar-refractivity contribution in [1.29, 1.82) is 0 Å². The molecule has 0 atom stereocenters. The number of aliphatic hydroxyl groups is 1. The molecule has 1 rings (SSSR count). The molecule has 0 aliphatic carbocycles. The first-order valence-corrected chi connectivity index (χ1v) is 5.72. The Hall–Kier alpha value is -1.13. The van der Waals surface area contributed by atoms with Gasteiger partial charge in [-0.1, -0.05) is 6.07 Å². The first kappa shape index (κ1) is 12.9. The Kier molecular flexibility index (Phi) is 5.22. The lowest BCUT2D eigenvalue weighted by Gasteiger charge is -2.29. The van der Waals surface area contributed by atoms with E-state index in [1.807, 2.05) is 12.1 Å². The molecule has 3 N–H and O–H groups in total. The van der Waals surface area contributed by atoms with Crippen molar-refractivity contribution < 1.29 is 5.11 Å². The molecule has 0 unspecified atom stereocenters. The van der Waals surface area contributed by atoms with Crippen molar-refractivity contribution in [3.63, 3.8) is 0 Å². The first-order valence-electron chi connectivity index (χ1n) is 5.72. The molecule has 4 heteroatoms. The summed E-state index contributed by atoms with van der Waals surface area (Å²) < 4.78 is 0. The third-order valence-electron chi connectivity index (χ3n) is 2.54. The molecule has 0 saturated heterocycles. The maximum absolute atomic E-state index is 8.90. The average Bonchev–Trinajstić information content (AvgIpc) is 2.29. The van der Waals surface area contributed by atoms with Crippen LogP contribution < -0.4 is 10.6 Å². The van der Waals surface area contributed by atoms with E-state index in [9.17, 15) is 0 Å². The fourth-order valence-electron chi connectivity index (χ4n) is 1.70. The van der Waals surface area contributed by atoms with Gasteiger partial charge in [-0.2, -0.15) is 0 Å². The molecule has 4 nitrogen and oxygen atoms in total. The highest BCUT2D eigenvalue weighted by atomic mass is 16.3. The lowest BCUT2D eigenvalue weighted by molar-refractivity contribution is 0.288. The SMILES string of the molecule is CC(C)N(CCCO)c1ncccc1CN. The molecule has 0 amide bonds. The van der Waals surface area contributed by atoms with Crippen LogP contribution in [0.3, 0.4) is 0 Å². The monoisotopic (exact) mass is 223 g/mol. The Morgan fingerprint density at radius 2 is 2.25 bits per heavy atom. The van der Waals surface area contributed by atoms with Gasteiger partial charge in [-0.25, -0.2) is 4.98 Å². The highest BCUT2D eigenvalue weighted by Gasteiger charge is 2.14. The molecular weight excluding hydrogens is 202 g/mol. The molecule has 1 aromatic rings. The summed E-state index contributed by atoms with van der Waals surface area (Å²) in [5.74, 6) is 0.938. The van der Waals surface area contributed by atoms with E-state index < -0.39 is 0 Å². The van der Waals surface area contributed by atoms with Gasteiger partial charge >= 0.3 is 0 Å². The van der Waals surface area contributed by atoms with Gasteiger partial charge in [-0.15, -0.1) is 0 Å². The van der Waals surface area contributed by atoms with Crippen molar-refractivity contribution in [2.45, 2.75) is 32.9 Å². The van der Waals surface area contributed by atoms with Crippen LogP contribution in [0.1, 0.15) is 25.8 Å². The molecule has 90 valence electrons. The fraction of sp³-hybridized carbons (Fsp3) is 0.583. The van der Waals surface area contributed by atoms with Crippen LogP contribution in [-0.4, -0.2) is 29.3 Å². The number of aromatic nitrogens is 1. The summed E-state index contributed by atoms with van der Waals surface area (Å²) in [6.45, 7) is 5.73. The van der Waals surface area contributed by atoms with E-state index in [2.05, 4.69) is 23.7 Å². The number of nitrogens with two attached hydrogens (primary N) is 1. The fourth-order valence-corrected chi connectivity index (χ4v) is 1.70. The van der Waals surface area contributed by atoms with E-state index in [0.29, 0.717) is 12.6 Å². The van der Waals surface area contributed by atoms with Gasteiger partial charge in [-0.05, 0) is 26.3 Å². The maximum Gasteiger partial charge on any atom is 0.133 e. The molecule has 16 heavy (non-hydrogen) atoms. The number of aliphatic hydroxyl groups excluding tert-OH is 1. The van der Waals surface area contributed by atoms with Crippen LogP contribution in [0.2, 0.25) is 0 Å². The van der Waals surface area contributed by atoms with Gasteiger partial charge in [-0.3, -0.25) is 0 Å². The lowest BCUT2D eigenvalue weighted by Crippen LogP contribution is -2.34. The van der Waals surface area contributed by atoms with Crippen molar-refractivity contribution in [3.05, 3.63) is 23.9 Å². The molecule has 0 aromatic carbocycles. The van der Waals surface area contributed by atoms with E-state index in [0.717, 1.165) is 24.3 Å². The van der Waals surface area contributed by atoms with Crippen molar-refractivity contribution in [2.75, 3.05) is 18.1 Å². The second kappa shape index (κ2) is 6.45. The Bertz CT molecular complexity index is 315. The molecule has 0 aliphatic heterocycles.